The second-order valence-electron chi connectivity index (χ2n) is 23.7. The van der Waals surface area contributed by atoms with Gasteiger partial charge in [-0.15, -0.1) is 22.7 Å². The van der Waals surface area contributed by atoms with Crippen molar-refractivity contribution < 1.29 is 4.42 Å². The SMILES string of the molecule is CC(C)(C)c1ccc(Nc2cc3sc4ccc(N(c5ccccc5)c5ccccc5)cc4c3cc2-c2c3c4c(c5cc(C(C)(C)C)ccc5n4-c4c(sc5ccc(C(C)(C)C)cc45)[B]3)c3oc4ccccc4c23)cc1. The van der Waals surface area contributed by atoms with Crippen LogP contribution in [0.2, 0.25) is 0 Å². The number of benzene rings is 9. The summed E-state index contributed by atoms with van der Waals surface area (Å²) >= 11 is 3.76. The van der Waals surface area contributed by atoms with E-state index in [2.05, 4.69) is 260 Å². The van der Waals surface area contributed by atoms with Crippen LogP contribution >= 0.6 is 22.7 Å². The van der Waals surface area contributed by atoms with Crippen LogP contribution in [-0.2, 0) is 16.2 Å². The predicted octanol–water partition coefficient (Wildman–Crippen LogP) is 19.0. The summed E-state index contributed by atoms with van der Waals surface area (Å²) in [5.41, 5.74) is 18.3. The van der Waals surface area contributed by atoms with Crippen molar-refractivity contribution >= 4 is 143 Å². The second kappa shape index (κ2) is 16.5. The van der Waals surface area contributed by atoms with Crippen molar-refractivity contribution in [1.82, 2.24) is 4.57 Å². The molecular weight excluding hydrogens is 950 g/mol. The molecule has 365 valence electrons. The number of fused-ring (bicyclic) bond motifs is 14. The number of thiophene rings is 2. The van der Waals surface area contributed by atoms with Gasteiger partial charge in [-0.25, -0.2) is 0 Å². The molecule has 0 bridgehead atoms. The van der Waals surface area contributed by atoms with Crippen LogP contribution in [0.5, 0.6) is 0 Å². The number of rotatable bonds is 6. The summed E-state index contributed by atoms with van der Waals surface area (Å²) in [4.78, 5) is 2.37. The highest BCUT2D eigenvalue weighted by atomic mass is 32.1. The maximum absolute atomic E-state index is 7.34. The molecule has 1 radical (unpaired) electrons. The van der Waals surface area contributed by atoms with E-state index in [1.807, 2.05) is 22.7 Å². The van der Waals surface area contributed by atoms with Crippen LogP contribution in [-0.4, -0.2) is 11.8 Å². The number of nitrogens with zero attached hydrogens (tertiary/aromatic N) is 2. The van der Waals surface area contributed by atoms with E-state index in [0.717, 1.165) is 61.3 Å². The largest absolute Gasteiger partial charge is 0.455 e. The highest BCUT2D eigenvalue weighted by Crippen LogP contribution is 2.51. The molecule has 9 aromatic carbocycles. The first-order chi connectivity index (χ1) is 36.1. The smallest absolute Gasteiger partial charge is 0.211 e. The molecule has 0 atom stereocenters. The summed E-state index contributed by atoms with van der Waals surface area (Å²) in [6, 6.07) is 65.4. The Kier molecular flexibility index (Phi) is 10.1. The van der Waals surface area contributed by atoms with Crippen LogP contribution in [0, 0.1) is 0 Å². The molecule has 7 heteroatoms. The number of aromatic nitrogens is 1. The Balaban J connectivity index is 1.12. The summed E-state index contributed by atoms with van der Waals surface area (Å²) in [5, 5.41) is 12.4. The minimum Gasteiger partial charge on any atom is -0.455 e. The molecule has 0 fully saturated rings. The topological polar surface area (TPSA) is 33.3 Å². The highest BCUT2D eigenvalue weighted by molar-refractivity contribution is 7.29. The second-order valence-corrected chi connectivity index (χ2v) is 25.9. The third-order valence-electron chi connectivity index (χ3n) is 15.7. The first-order valence-electron chi connectivity index (χ1n) is 26.2. The Hall–Kier alpha value is -7.58. The Morgan fingerprint density at radius 3 is 1.79 bits per heavy atom. The number of nitrogens with one attached hydrogen (secondary N) is 1. The number of para-hydroxylation sites is 3. The van der Waals surface area contributed by atoms with Gasteiger partial charge < -0.3 is 19.2 Å². The fraction of sp³-hybridized carbons (Fsp3) is 0.176. The molecule has 1 N–H and O–H groups in total. The number of hydrogen-bond donors (Lipinski definition) is 1. The maximum atomic E-state index is 7.34. The normalized spacial score (nSPS) is 13.0. The molecule has 5 heterocycles. The molecule has 4 nitrogen and oxygen atoms in total. The van der Waals surface area contributed by atoms with Crippen LogP contribution in [0.4, 0.5) is 28.4 Å². The van der Waals surface area contributed by atoms with Gasteiger partial charge in [-0.3, -0.25) is 0 Å². The summed E-state index contributed by atoms with van der Waals surface area (Å²) < 4.78 is 15.0. The van der Waals surface area contributed by atoms with E-state index in [1.165, 1.54) is 84.9 Å². The molecule has 0 spiro atoms. The van der Waals surface area contributed by atoms with Gasteiger partial charge in [0.05, 0.1) is 22.1 Å². The molecule has 4 aromatic heterocycles. The molecule has 75 heavy (non-hydrogen) atoms. The third kappa shape index (κ3) is 7.29. The van der Waals surface area contributed by atoms with Gasteiger partial charge in [-0.2, -0.15) is 0 Å². The first kappa shape index (κ1) is 46.0. The minimum absolute atomic E-state index is 0.00826. The first-order valence-corrected chi connectivity index (χ1v) is 27.9. The number of hydrogen-bond acceptors (Lipinski definition) is 5. The Bertz CT molecular complexity index is 4420. The van der Waals surface area contributed by atoms with E-state index in [9.17, 15) is 0 Å². The van der Waals surface area contributed by atoms with E-state index in [1.54, 1.807) is 0 Å². The Morgan fingerprint density at radius 2 is 1.09 bits per heavy atom. The van der Waals surface area contributed by atoms with Gasteiger partial charge in [0.15, 0.2) is 0 Å². The van der Waals surface area contributed by atoms with Gasteiger partial charge in [-0.05, 0) is 146 Å². The zero-order valence-corrected chi connectivity index (χ0v) is 45.6. The average Bonchev–Trinajstić information content (AvgIpc) is 4.36. The number of furan rings is 1. The molecular formula is C68H57BN3OS2. The van der Waals surface area contributed by atoms with Gasteiger partial charge in [-0.1, -0.05) is 141 Å². The van der Waals surface area contributed by atoms with E-state index >= 15 is 0 Å². The van der Waals surface area contributed by atoms with Gasteiger partial charge in [0.2, 0.25) is 7.28 Å². The van der Waals surface area contributed by atoms with Crippen molar-refractivity contribution in [2.75, 3.05) is 10.2 Å². The lowest BCUT2D eigenvalue weighted by atomic mass is 9.62. The lowest BCUT2D eigenvalue weighted by Gasteiger charge is -2.25. The zero-order valence-electron chi connectivity index (χ0n) is 43.9. The summed E-state index contributed by atoms with van der Waals surface area (Å²) in [7, 11) is 2.52. The van der Waals surface area contributed by atoms with Crippen molar-refractivity contribution in [3.63, 3.8) is 0 Å². The van der Waals surface area contributed by atoms with E-state index < -0.39 is 0 Å². The van der Waals surface area contributed by atoms with Gasteiger partial charge in [0.1, 0.15) is 11.2 Å². The molecule has 13 aromatic rings. The van der Waals surface area contributed by atoms with E-state index in [4.69, 9.17) is 4.42 Å². The van der Waals surface area contributed by atoms with Crippen LogP contribution in [0.3, 0.4) is 0 Å². The van der Waals surface area contributed by atoms with E-state index in [-0.39, 0.29) is 16.2 Å². The Morgan fingerprint density at radius 1 is 0.493 bits per heavy atom. The summed E-state index contributed by atoms with van der Waals surface area (Å²) in [5.74, 6) is 0. The molecule has 0 saturated heterocycles. The Labute approximate surface area is 447 Å². The van der Waals surface area contributed by atoms with Crippen LogP contribution < -0.4 is 20.5 Å². The lowest BCUT2D eigenvalue weighted by Crippen LogP contribution is -2.35. The molecule has 1 aliphatic heterocycles. The molecule has 1 aliphatic rings. The fourth-order valence-corrected chi connectivity index (χ4v) is 13.9. The van der Waals surface area contributed by atoms with Crippen molar-refractivity contribution in [1.29, 1.82) is 0 Å². The molecule has 0 saturated carbocycles. The minimum atomic E-state index is -0.0595. The monoisotopic (exact) mass is 1010 g/mol. The summed E-state index contributed by atoms with van der Waals surface area (Å²) in [6.45, 7) is 20.7. The zero-order chi connectivity index (χ0) is 51.3. The quantitative estimate of drug-likeness (QED) is 0.169. The van der Waals surface area contributed by atoms with Crippen molar-refractivity contribution in [3.05, 3.63) is 193 Å². The number of anilines is 5. The van der Waals surface area contributed by atoms with Gasteiger partial charge in [0, 0.05) is 80.4 Å². The fourth-order valence-electron chi connectivity index (χ4n) is 11.7. The van der Waals surface area contributed by atoms with Crippen LogP contribution in [0.1, 0.15) is 79.0 Å². The van der Waals surface area contributed by atoms with E-state index in [0.29, 0.717) is 0 Å². The van der Waals surface area contributed by atoms with Gasteiger partial charge in [0.25, 0.3) is 0 Å². The summed E-state index contributed by atoms with van der Waals surface area (Å²) in [6.07, 6.45) is 0. The average molecular weight is 1010 g/mol. The van der Waals surface area contributed by atoms with Crippen molar-refractivity contribution in [2.45, 2.75) is 78.6 Å². The molecule has 14 rings (SSSR count). The van der Waals surface area contributed by atoms with Crippen LogP contribution in [0.15, 0.2) is 180 Å². The van der Waals surface area contributed by atoms with Crippen molar-refractivity contribution in [3.8, 4) is 16.8 Å². The highest BCUT2D eigenvalue weighted by Gasteiger charge is 2.35. The molecule has 0 unspecified atom stereocenters. The molecule has 0 amide bonds. The lowest BCUT2D eigenvalue weighted by molar-refractivity contribution is 0.590. The van der Waals surface area contributed by atoms with Crippen molar-refractivity contribution in [2.24, 2.45) is 0 Å². The third-order valence-corrected chi connectivity index (χ3v) is 17.9. The molecule has 0 aliphatic carbocycles. The standard InChI is InChI=1S/C68H57BN3OS2/c1-66(2,3)39-24-28-42(29-25-39)70-52-38-57-48(47-36-45(30-33-55(47)74-57)71(43-18-12-10-13-19-43)44-20-14-11-15-21-44)37-49(52)58-59-46-22-16-17-23-54(46)73-64(59)60-50-34-40(67(4,5)6)26-31-53(50)72-62-51-35-41(68(7,8)9)27-32-56(51)75-65(62)69-61(58)63(60)72/h10-38,70H,1-9H3. The van der Waals surface area contributed by atoms with Crippen LogP contribution in [0.25, 0.3) is 90.8 Å². The predicted molar refractivity (Wildman–Crippen MR) is 327 cm³/mol. The maximum Gasteiger partial charge on any atom is 0.211 e. The van der Waals surface area contributed by atoms with Gasteiger partial charge >= 0.3 is 0 Å².